The number of methoxy groups -OCH3 is 1. The average Bonchev–Trinajstić information content (AvgIpc) is 2.57. The predicted molar refractivity (Wildman–Crippen MR) is 52.9 cm³/mol. The van der Waals surface area contributed by atoms with E-state index in [4.69, 9.17) is 4.74 Å². The molecule has 2 rings (SSSR count). The van der Waals surface area contributed by atoms with Crippen LogP contribution >= 0.6 is 0 Å². The number of fused-ring (bicyclic) bond motifs is 1. The van der Waals surface area contributed by atoms with Gasteiger partial charge in [0.05, 0.1) is 13.2 Å². The van der Waals surface area contributed by atoms with Crippen LogP contribution in [-0.4, -0.2) is 33.5 Å². The maximum Gasteiger partial charge on any atom is 0.327 e. The number of rotatable bonds is 3. The molecule has 2 heterocycles. The lowest BCUT2D eigenvalue weighted by Crippen LogP contribution is -2.21. The van der Waals surface area contributed by atoms with Gasteiger partial charge in [0.1, 0.15) is 5.39 Å². The molecule has 15 heavy (non-hydrogen) atoms. The number of nitrogens with zero attached hydrogens (tertiary/aromatic N) is 2. The van der Waals surface area contributed by atoms with E-state index in [9.17, 15) is 9.59 Å². The molecule has 0 aliphatic rings. The number of nitrogens with one attached hydrogen (secondary N) is 2. The van der Waals surface area contributed by atoms with Crippen molar-refractivity contribution in [2.75, 3.05) is 13.7 Å². The Morgan fingerprint density at radius 1 is 1.47 bits per heavy atom. The second-order valence-corrected chi connectivity index (χ2v) is 3.06. The van der Waals surface area contributed by atoms with Crippen molar-refractivity contribution in [1.29, 1.82) is 0 Å². The van der Waals surface area contributed by atoms with Crippen LogP contribution in [0.1, 0.15) is 0 Å². The van der Waals surface area contributed by atoms with Crippen LogP contribution in [0.4, 0.5) is 0 Å². The largest absolute Gasteiger partial charge is 0.383 e. The molecule has 0 atom stereocenters. The molecule has 0 aliphatic heterocycles. The highest BCUT2D eigenvalue weighted by atomic mass is 16.5. The summed E-state index contributed by atoms with van der Waals surface area (Å²) in [4.78, 5) is 26.8. The first kappa shape index (κ1) is 9.66. The van der Waals surface area contributed by atoms with E-state index in [-0.39, 0.29) is 0 Å². The Morgan fingerprint density at radius 3 is 3.00 bits per heavy atom. The van der Waals surface area contributed by atoms with E-state index in [1.165, 1.54) is 0 Å². The highest BCUT2D eigenvalue weighted by molar-refractivity contribution is 5.71. The highest BCUT2D eigenvalue weighted by Gasteiger charge is 2.05. The Morgan fingerprint density at radius 2 is 2.27 bits per heavy atom. The van der Waals surface area contributed by atoms with E-state index >= 15 is 0 Å². The minimum Gasteiger partial charge on any atom is -0.383 e. The summed E-state index contributed by atoms with van der Waals surface area (Å²) in [6.07, 6.45) is 1.57. The molecule has 0 aliphatic carbocycles. The smallest absolute Gasteiger partial charge is 0.327 e. The summed E-state index contributed by atoms with van der Waals surface area (Å²) in [5.74, 6) is 0. The van der Waals surface area contributed by atoms with E-state index < -0.39 is 11.2 Å². The Hall–Kier alpha value is -1.89. The topological polar surface area (TPSA) is 92.8 Å². The standard InChI is InChI=1S/C8H10N4O3/c1-15-3-2-12-4-5-6(11-12)9-8(14)10-7(5)13/h4H,2-3H2,1H3,(H2,9,10,11,13,14). The molecule has 7 nitrogen and oxygen atoms in total. The molecule has 0 bridgehead atoms. The van der Waals surface area contributed by atoms with Gasteiger partial charge in [-0.25, -0.2) is 4.79 Å². The summed E-state index contributed by atoms with van der Waals surface area (Å²) in [6.45, 7) is 1.03. The van der Waals surface area contributed by atoms with E-state index in [1.807, 2.05) is 0 Å². The molecule has 0 fully saturated rings. The fraction of sp³-hybridized carbons (Fsp3) is 0.375. The van der Waals surface area contributed by atoms with Crippen LogP contribution < -0.4 is 11.2 Å². The maximum atomic E-state index is 11.3. The van der Waals surface area contributed by atoms with Gasteiger partial charge in [-0.2, -0.15) is 5.10 Å². The number of aromatic nitrogens is 4. The van der Waals surface area contributed by atoms with Gasteiger partial charge in [0.15, 0.2) is 5.65 Å². The van der Waals surface area contributed by atoms with Crippen molar-refractivity contribution >= 4 is 11.0 Å². The second kappa shape index (κ2) is 3.70. The summed E-state index contributed by atoms with van der Waals surface area (Å²) >= 11 is 0. The van der Waals surface area contributed by atoms with Crippen LogP contribution in [0.15, 0.2) is 15.8 Å². The van der Waals surface area contributed by atoms with Crippen molar-refractivity contribution in [1.82, 2.24) is 19.7 Å². The van der Waals surface area contributed by atoms with Crippen molar-refractivity contribution in [3.05, 3.63) is 27.0 Å². The van der Waals surface area contributed by atoms with Gasteiger partial charge in [0, 0.05) is 13.3 Å². The van der Waals surface area contributed by atoms with Crippen LogP contribution in [0.25, 0.3) is 11.0 Å². The molecule has 2 aromatic rings. The Labute approximate surface area is 83.7 Å². The van der Waals surface area contributed by atoms with Crippen LogP contribution in [0.3, 0.4) is 0 Å². The Balaban J connectivity index is 2.51. The van der Waals surface area contributed by atoms with Crippen LogP contribution in [0.5, 0.6) is 0 Å². The zero-order valence-electron chi connectivity index (χ0n) is 8.11. The molecule has 7 heteroatoms. The van der Waals surface area contributed by atoms with Crippen molar-refractivity contribution in [2.45, 2.75) is 6.54 Å². The normalized spacial score (nSPS) is 11.0. The molecule has 0 saturated carbocycles. The summed E-state index contributed by atoms with van der Waals surface area (Å²) in [7, 11) is 1.58. The van der Waals surface area contributed by atoms with Gasteiger partial charge >= 0.3 is 5.69 Å². The lowest BCUT2D eigenvalue weighted by molar-refractivity contribution is 0.184. The van der Waals surface area contributed by atoms with Gasteiger partial charge in [-0.05, 0) is 0 Å². The average molecular weight is 210 g/mol. The zero-order chi connectivity index (χ0) is 10.8. The zero-order valence-corrected chi connectivity index (χ0v) is 8.11. The Kier molecular flexibility index (Phi) is 2.38. The molecular weight excluding hydrogens is 200 g/mol. The highest BCUT2D eigenvalue weighted by Crippen LogP contribution is 2.00. The fourth-order valence-electron chi connectivity index (χ4n) is 1.29. The van der Waals surface area contributed by atoms with E-state index in [2.05, 4.69) is 15.1 Å². The van der Waals surface area contributed by atoms with Gasteiger partial charge < -0.3 is 4.74 Å². The molecule has 0 amide bonds. The van der Waals surface area contributed by atoms with Gasteiger partial charge in [0.25, 0.3) is 5.56 Å². The van der Waals surface area contributed by atoms with Crippen LogP contribution in [-0.2, 0) is 11.3 Å². The Bertz CT molecular complexity index is 579. The monoisotopic (exact) mass is 210 g/mol. The number of ether oxygens (including phenoxy) is 1. The molecule has 0 aromatic carbocycles. The summed E-state index contributed by atoms with van der Waals surface area (Å²) < 4.78 is 6.43. The minimum absolute atomic E-state index is 0.292. The van der Waals surface area contributed by atoms with E-state index in [0.717, 1.165) is 0 Å². The maximum absolute atomic E-state index is 11.3. The quantitative estimate of drug-likeness (QED) is 0.683. The number of H-pyrrole nitrogens is 2. The van der Waals surface area contributed by atoms with Gasteiger partial charge in [-0.15, -0.1) is 0 Å². The predicted octanol–water partition coefficient (Wildman–Crippen LogP) is -0.941. The molecule has 2 aromatic heterocycles. The molecule has 80 valence electrons. The van der Waals surface area contributed by atoms with Gasteiger partial charge in [-0.3, -0.25) is 19.4 Å². The van der Waals surface area contributed by atoms with E-state index in [0.29, 0.717) is 24.2 Å². The van der Waals surface area contributed by atoms with Crippen molar-refractivity contribution in [2.24, 2.45) is 0 Å². The number of aromatic amines is 2. The van der Waals surface area contributed by atoms with Crippen molar-refractivity contribution in [3.63, 3.8) is 0 Å². The first-order chi connectivity index (χ1) is 7.20. The third-order valence-electron chi connectivity index (χ3n) is 1.99. The van der Waals surface area contributed by atoms with Crippen LogP contribution in [0, 0.1) is 0 Å². The molecule has 0 radical (unpaired) electrons. The third-order valence-corrected chi connectivity index (χ3v) is 1.99. The third kappa shape index (κ3) is 1.82. The van der Waals surface area contributed by atoms with Gasteiger partial charge in [-0.1, -0.05) is 0 Å². The fourth-order valence-corrected chi connectivity index (χ4v) is 1.29. The first-order valence-corrected chi connectivity index (χ1v) is 4.39. The minimum atomic E-state index is -0.551. The summed E-state index contributed by atoms with van der Waals surface area (Å²) in [5, 5.41) is 4.40. The SMILES string of the molecule is COCCn1cc2c(=O)[nH]c(=O)[nH]c2n1. The second-order valence-electron chi connectivity index (χ2n) is 3.06. The lowest BCUT2D eigenvalue weighted by Gasteiger charge is -1.97. The number of hydrogen-bond acceptors (Lipinski definition) is 4. The van der Waals surface area contributed by atoms with Gasteiger partial charge in [0.2, 0.25) is 0 Å². The summed E-state index contributed by atoms with van der Waals surface area (Å²) in [5.41, 5.74) is -0.693. The van der Waals surface area contributed by atoms with Crippen molar-refractivity contribution in [3.8, 4) is 0 Å². The molecule has 0 spiro atoms. The summed E-state index contributed by atoms with van der Waals surface area (Å²) in [6, 6.07) is 0. The van der Waals surface area contributed by atoms with E-state index in [1.54, 1.807) is 18.0 Å². The molecule has 2 N–H and O–H groups in total. The van der Waals surface area contributed by atoms with Crippen LogP contribution in [0.2, 0.25) is 0 Å². The molecule has 0 saturated heterocycles. The first-order valence-electron chi connectivity index (χ1n) is 4.39. The lowest BCUT2D eigenvalue weighted by atomic mass is 10.4. The number of hydrogen-bond donors (Lipinski definition) is 2. The molecular formula is C8H10N4O3. The molecule has 0 unspecified atom stereocenters. The van der Waals surface area contributed by atoms with Crippen molar-refractivity contribution < 1.29 is 4.74 Å².